The SMILES string of the molecule is CCOC(=O)/C(=N/Nc1cccc(Cl)c1)C1=C(C(=O)Nc2ccccc2)OCC1. The number of nitrogens with one attached hydrogen (secondary N) is 2. The van der Waals surface area contributed by atoms with Gasteiger partial charge in [0, 0.05) is 22.7 Å². The minimum Gasteiger partial charge on any atom is -0.487 e. The Balaban J connectivity index is 1.90. The number of hydrogen-bond donors (Lipinski definition) is 2. The molecule has 0 aromatic heterocycles. The highest BCUT2D eigenvalue weighted by Gasteiger charge is 2.31. The highest BCUT2D eigenvalue weighted by Crippen LogP contribution is 2.24. The molecule has 1 aliphatic heterocycles. The maximum absolute atomic E-state index is 12.7. The zero-order valence-electron chi connectivity index (χ0n) is 15.8. The average molecular weight is 414 g/mol. The quantitative estimate of drug-likeness (QED) is 0.407. The van der Waals surface area contributed by atoms with Gasteiger partial charge in [0.25, 0.3) is 5.91 Å². The van der Waals surface area contributed by atoms with E-state index in [0.29, 0.717) is 28.4 Å². The van der Waals surface area contributed by atoms with Crippen molar-refractivity contribution < 1.29 is 19.1 Å². The molecule has 3 rings (SSSR count). The van der Waals surface area contributed by atoms with E-state index in [-0.39, 0.29) is 24.7 Å². The van der Waals surface area contributed by atoms with Gasteiger partial charge in [-0.3, -0.25) is 10.2 Å². The van der Waals surface area contributed by atoms with Crippen molar-refractivity contribution in [1.82, 2.24) is 0 Å². The number of para-hydroxylation sites is 1. The minimum absolute atomic E-state index is 0.0115. The second kappa shape index (κ2) is 9.75. The molecule has 0 atom stereocenters. The summed E-state index contributed by atoms with van der Waals surface area (Å²) in [6.45, 7) is 2.14. The molecule has 29 heavy (non-hydrogen) atoms. The predicted octanol–water partition coefficient (Wildman–Crippen LogP) is 3.98. The second-order valence-electron chi connectivity index (χ2n) is 6.03. The number of hydrazone groups is 1. The number of nitrogens with zero attached hydrogens (tertiary/aromatic N) is 1. The smallest absolute Gasteiger partial charge is 0.359 e. The van der Waals surface area contributed by atoms with E-state index in [9.17, 15) is 9.59 Å². The van der Waals surface area contributed by atoms with Gasteiger partial charge in [0.1, 0.15) is 0 Å². The number of carbonyl (C=O) groups excluding carboxylic acids is 2. The summed E-state index contributed by atoms with van der Waals surface area (Å²) in [6, 6.07) is 15.9. The molecular formula is C21H20ClN3O4. The summed E-state index contributed by atoms with van der Waals surface area (Å²) in [5.74, 6) is -1.05. The van der Waals surface area contributed by atoms with Crippen LogP contribution < -0.4 is 10.7 Å². The van der Waals surface area contributed by atoms with Gasteiger partial charge in [-0.15, -0.1) is 0 Å². The third-order valence-corrected chi connectivity index (χ3v) is 4.22. The van der Waals surface area contributed by atoms with Crippen molar-refractivity contribution in [3.05, 3.63) is 71.0 Å². The normalized spacial score (nSPS) is 13.7. The Bertz CT molecular complexity index is 957. The van der Waals surface area contributed by atoms with Crippen molar-refractivity contribution in [3.63, 3.8) is 0 Å². The van der Waals surface area contributed by atoms with Crippen LogP contribution in [0.3, 0.4) is 0 Å². The van der Waals surface area contributed by atoms with Crippen molar-refractivity contribution in [3.8, 4) is 0 Å². The zero-order valence-corrected chi connectivity index (χ0v) is 16.5. The molecule has 0 aliphatic carbocycles. The topological polar surface area (TPSA) is 89.0 Å². The first-order valence-corrected chi connectivity index (χ1v) is 9.45. The number of carbonyl (C=O) groups is 2. The Morgan fingerprint density at radius 1 is 1.14 bits per heavy atom. The summed E-state index contributed by atoms with van der Waals surface area (Å²) in [5, 5.41) is 7.47. The molecule has 0 saturated heterocycles. The van der Waals surface area contributed by atoms with E-state index in [2.05, 4.69) is 15.8 Å². The molecule has 8 heteroatoms. The lowest BCUT2D eigenvalue weighted by molar-refractivity contribution is -0.135. The van der Waals surface area contributed by atoms with E-state index in [1.54, 1.807) is 55.5 Å². The fraction of sp³-hybridized carbons (Fsp3) is 0.190. The van der Waals surface area contributed by atoms with Crippen LogP contribution in [0.1, 0.15) is 13.3 Å². The summed E-state index contributed by atoms with van der Waals surface area (Å²) in [4.78, 5) is 25.2. The first kappa shape index (κ1) is 20.4. The summed E-state index contributed by atoms with van der Waals surface area (Å²) < 4.78 is 10.6. The minimum atomic E-state index is -0.646. The number of halogens is 1. The van der Waals surface area contributed by atoms with Crippen molar-refractivity contribution in [1.29, 1.82) is 0 Å². The summed E-state index contributed by atoms with van der Waals surface area (Å²) in [5.41, 5.74) is 4.37. The summed E-state index contributed by atoms with van der Waals surface area (Å²) >= 11 is 5.98. The molecule has 0 unspecified atom stereocenters. The molecule has 0 radical (unpaired) electrons. The van der Waals surface area contributed by atoms with Gasteiger partial charge in [0.15, 0.2) is 11.5 Å². The standard InChI is InChI=1S/C21H20ClN3O4/c1-2-28-21(27)18(25-24-16-10-6-7-14(22)13-16)17-11-12-29-19(17)20(26)23-15-8-4-3-5-9-15/h3-10,13,24H,2,11-12H2,1H3,(H,23,26)/b25-18+. The molecule has 0 saturated carbocycles. The van der Waals surface area contributed by atoms with E-state index in [4.69, 9.17) is 21.1 Å². The molecule has 2 N–H and O–H groups in total. The van der Waals surface area contributed by atoms with Crippen LogP contribution in [-0.2, 0) is 19.1 Å². The van der Waals surface area contributed by atoms with Gasteiger partial charge in [0.05, 0.1) is 18.9 Å². The number of hydrogen-bond acceptors (Lipinski definition) is 6. The molecule has 0 bridgehead atoms. The molecule has 1 heterocycles. The van der Waals surface area contributed by atoms with Gasteiger partial charge in [0.2, 0.25) is 0 Å². The number of benzene rings is 2. The fourth-order valence-corrected chi connectivity index (χ4v) is 2.90. The van der Waals surface area contributed by atoms with Gasteiger partial charge >= 0.3 is 5.97 Å². The highest BCUT2D eigenvalue weighted by molar-refractivity contribution is 6.44. The lowest BCUT2D eigenvalue weighted by Gasteiger charge is -2.10. The van der Waals surface area contributed by atoms with Crippen LogP contribution in [0.5, 0.6) is 0 Å². The van der Waals surface area contributed by atoms with E-state index < -0.39 is 11.9 Å². The Hall–Kier alpha value is -3.32. The van der Waals surface area contributed by atoms with E-state index in [1.807, 2.05) is 6.07 Å². The van der Waals surface area contributed by atoms with Crippen molar-refractivity contribution in [2.75, 3.05) is 24.0 Å². The van der Waals surface area contributed by atoms with E-state index >= 15 is 0 Å². The summed E-state index contributed by atoms with van der Waals surface area (Å²) in [7, 11) is 0. The molecule has 0 spiro atoms. The van der Waals surface area contributed by atoms with Crippen LogP contribution in [0.25, 0.3) is 0 Å². The Kier molecular flexibility index (Phi) is 6.86. The van der Waals surface area contributed by atoms with E-state index in [1.165, 1.54) is 0 Å². The third kappa shape index (κ3) is 5.36. The van der Waals surface area contributed by atoms with Crippen LogP contribution >= 0.6 is 11.6 Å². The third-order valence-electron chi connectivity index (χ3n) is 3.99. The van der Waals surface area contributed by atoms with Gasteiger partial charge in [-0.1, -0.05) is 35.9 Å². The summed E-state index contributed by atoms with van der Waals surface area (Å²) in [6.07, 6.45) is 0.354. The average Bonchev–Trinajstić information content (AvgIpc) is 3.19. The first-order valence-electron chi connectivity index (χ1n) is 9.07. The molecule has 2 aromatic carbocycles. The highest BCUT2D eigenvalue weighted by atomic mass is 35.5. The molecule has 1 amide bonds. The number of amides is 1. The molecule has 7 nitrogen and oxygen atoms in total. The number of rotatable bonds is 7. The largest absolute Gasteiger partial charge is 0.487 e. The molecule has 0 fully saturated rings. The number of esters is 1. The number of ether oxygens (including phenoxy) is 2. The van der Waals surface area contributed by atoms with Crippen molar-refractivity contribution in [2.45, 2.75) is 13.3 Å². The molecule has 2 aromatic rings. The van der Waals surface area contributed by atoms with Crippen molar-refractivity contribution >= 4 is 40.6 Å². The number of anilines is 2. The van der Waals surface area contributed by atoms with Crippen LogP contribution in [0, 0.1) is 0 Å². The Labute approximate surface area is 173 Å². The monoisotopic (exact) mass is 413 g/mol. The van der Waals surface area contributed by atoms with Crippen LogP contribution in [0.15, 0.2) is 71.0 Å². The van der Waals surface area contributed by atoms with Gasteiger partial charge in [-0.2, -0.15) is 5.10 Å². The Morgan fingerprint density at radius 3 is 2.62 bits per heavy atom. The molecule has 150 valence electrons. The molecular weight excluding hydrogens is 394 g/mol. The lowest BCUT2D eigenvalue weighted by Crippen LogP contribution is -2.24. The maximum atomic E-state index is 12.7. The van der Waals surface area contributed by atoms with Crippen LogP contribution in [0.2, 0.25) is 5.02 Å². The zero-order chi connectivity index (χ0) is 20.6. The van der Waals surface area contributed by atoms with Gasteiger partial charge < -0.3 is 14.8 Å². The maximum Gasteiger partial charge on any atom is 0.359 e. The fourth-order valence-electron chi connectivity index (χ4n) is 2.71. The first-order chi connectivity index (χ1) is 14.1. The molecule has 1 aliphatic rings. The van der Waals surface area contributed by atoms with Gasteiger partial charge in [-0.25, -0.2) is 4.79 Å². The lowest BCUT2D eigenvalue weighted by atomic mass is 10.1. The van der Waals surface area contributed by atoms with Crippen molar-refractivity contribution in [2.24, 2.45) is 5.10 Å². The van der Waals surface area contributed by atoms with Crippen LogP contribution in [-0.4, -0.2) is 30.8 Å². The van der Waals surface area contributed by atoms with E-state index in [0.717, 1.165) is 0 Å². The Morgan fingerprint density at radius 2 is 1.90 bits per heavy atom. The van der Waals surface area contributed by atoms with Crippen LogP contribution in [0.4, 0.5) is 11.4 Å². The predicted molar refractivity (Wildman–Crippen MR) is 112 cm³/mol. The second-order valence-corrected chi connectivity index (χ2v) is 6.47. The van der Waals surface area contributed by atoms with Gasteiger partial charge in [-0.05, 0) is 37.3 Å².